The molecule has 0 aliphatic heterocycles. The fourth-order valence-corrected chi connectivity index (χ4v) is 1.76. The highest BCUT2D eigenvalue weighted by Crippen LogP contribution is 2.25. The third kappa shape index (κ3) is 4.13. The fraction of sp³-hybridized carbons (Fsp3) is 0.500. The number of aliphatic hydroxyl groups is 1. The van der Waals surface area contributed by atoms with E-state index in [0.717, 1.165) is 0 Å². The Balaban J connectivity index is 3.01. The second-order valence-corrected chi connectivity index (χ2v) is 5.48. The van der Waals surface area contributed by atoms with E-state index >= 15 is 0 Å². The van der Waals surface area contributed by atoms with Gasteiger partial charge in [0.15, 0.2) is 0 Å². The lowest BCUT2D eigenvalue weighted by atomic mass is 10.00. The van der Waals surface area contributed by atoms with Gasteiger partial charge in [-0.25, -0.2) is 0 Å². The van der Waals surface area contributed by atoms with Crippen LogP contribution in [0, 0.1) is 0 Å². The smallest absolute Gasteiger partial charge is 0.253 e. The van der Waals surface area contributed by atoms with Gasteiger partial charge in [-0.15, -0.1) is 0 Å². The van der Waals surface area contributed by atoms with E-state index < -0.39 is 0 Å². The van der Waals surface area contributed by atoms with Crippen molar-refractivity contribution in [2.24, 2.45) is 0 Å². The van der Waals surface area contributed by atoms with Gasteiger partial charge in [0.1, 0.15) is 0 Å². The molecule has 1 aromatic carbocycles. The topological polar surface area (TPSA) is 78.6 Å². The van der Waals surface area contributed by atoms with Gasteiger partial charge in [-0.1, -0.05) is 0 Å². The number of anilines is 2. The van der Waals surface area contributed by atoms with Crippen LogP contribution >= 0.6 is 0 Å². The highest BCUT2D eigenvalue weighted by molar-refractivity contribution is 5.95. The molecule has 0 aliphatic carbocycles. The quantitative estimate of drug-likeness (QED) is 0.706. The van der Waals surface area contributed by atoms with E-state index in [1.165, 1.54) is 4.90 Å². The number of nitrogens with zero attached hydrogens (tertiary/aromatic N) is 1. The number of carbonyl (C=O) groups is 1. The zero-order valence-electron chi connectivity index (χ0n) is 12.0. The summed E-state index contributed by atoms with van der Waals surface area (Å²) in [6.07, 6.45) is 0.596. The molecule has 19 heavy (non-hydrogen) atoms. The number of hydrogen-bond acceptors (Lipinski definition) is 4. The third-order valence-electron chi connectivity index (χ3n) is 2.92. The van der Waals surface area contributed by atoms with E-state index in [4.69, 9.17) is 10.8 Å². The molecule has 0 spiro atoms. The maximum atomic E-state index is 11.9. The summed E-state index contributed by atoms with van der Waals surface area (Å²) < 4.78 is 0. The Labute approximate surface area is 114 Å². The molecule has 0 fully saturated rings. The summed E-state index contributed by atoms with van der Waals surface area (Å²) >= 11 is 0. The first-order chi connectivity index (χ1) is 8.76. The van der Waals surface area contributed by atoms with Gasteiger partial charge in [0.05, 0.1) is 11.4 Å². The Hall–Kier alpha value is -1.75. The van der Waals surface area contributed by atoms with Gasteiger partial charge in [0, 0.05) is 31.8 Å². The van der Waals surface area contributed by atoms with Crippen molar-refractivity contribution in [2.45, 2.75) is 25.8 Å². The van der Waals surface area contributed by atoms with Gasteiger partial charge in [-0.05, 0) is 38.5 Å². The van der Waals surface area contributed by atoms with Crippen molar-refractivity contribution in [1.82, 2.24) is 4.90 Å². The standard InChI is InChI=1S/C14H23N3O2/c1-14(2,7-8-18)16-12-9-10(5-6-11(12)15)13(19)17(3)4/h5-6,9,16,18H,7-8,15H2,1-4H3. The van der Waals surface area contributed by atoms with Crippen molar-refractivity contribution in [3.05, 3.63) is 23.8 Å². The predicted octanol–water partition coefficient (Wildman–Crippen LogP) is 1.54. The van der Waals surface area contributed by atoms with Crippen LogP contribution in [0.15, 0.2) is 18.2 Å². The maximum Gasteiger partial charge on any atom is 0.253 e. The largest absolute Gasteiger partial charge is 0.397 e. The third-order valence-corrected chi connectivity index (χ3v) is 2.92. The average molecular weight is 265 g/mol. The van der Waals surface area contributed by atoms with Gasteiger partial charge in [-0.3, -0.25) is 4.79 Å². The number of carbonyl (C=O) groups excluding carboxylic acids is 1. The predicted molar refractivity (Wildman–Crippen MR) is 78.3 cm³/mol. The summed E-state index contributed by atoms with van der Waals surface area (Å²) in [6.45, 7) is 4.04. The van der Waals surface area contributed by atoms with Gasteiger partial charge in [-0.2, -0.15) is 0 Å². The summed E-state index contributed by atoms with van der Waals surface area (Å²) in [5.74, 6) is -0.0667. The number of amides is 1. The van der Waals surface area contributed by atoms with Gasteiger partial charge in [0.25, 0.3) is 5.91 Å². The minimum absolute atomic E-state index is 0.0667. The lowest BCUT2D eigenvalue weighted by Gasteiger charge is -2.28. The minimum atomic E-state index is -0.289. The molecule has 0 saturated heterocycles. The van der Waals surface area contributed by atoms with Crippen molar-refractivity contribution < 1.29 is 9.90 Å². The summed E-state index contributed by atoms with van der Waals surface area (Å²) in [4.78, 5) is 13.4. The second-order valence-electron chi connectivity index (χ2n) is 5.48. The molecular formula is C14H23N3O2. The molecule has 0 aliphatic rings. The van der Waals surface area contributed by atoms with Crippen LogP contribution in [0.2, 0.25) is 0 Å². The Morgan fingerprint density at radius 2 is 2.05 bits per heavy atom. The van der Waals surface area contributed by atoms with Crippen molar-refractivity contribution in [3.8, 4) is 0 Å². The summed E-state index contributed by atoms with van der Waals surface area (Å²) in [5.41, 5.74) is 7.51. The number of nitrogen functional groups attached to an aromatic ring is 1. The molecule has 0 aromatic heterocycles. The van der Waals surface area contributed by atoms with Crippen molar-refractivity contribution in [3.63, 3.8) is 0 Å². The molecule has 1 aromatic rings. The Morgan fingerprint density at radius 3 is 2.58 bits per heavy atom. The van der Waals surface area contributed by atoms with E-state index in [-0.39, 0.29) is 18.1 Å². The molecule has 106 valence electrons. The van der Waals surface area contributed by atoms with E-state index in [9.17, 15) is 4.79 Å². The van der Waals surface area contributed by atoms with Gasteiger partial charge < -0.3 is 21.1 Å². The molecule has 0 radical (unpaired) electrons. The van der Waals surface area contributed by atoms with Crippen LogP contribution < -0.4 is 11.1 Å². The molecule has 0 heterocycles. The van der Waals surface area contributed by atoms with Crippen LogP contribution in [0.25, 0.3) is 0 Å². The maximum absolute atomic E-state index is 11.9. The number of nitrogens with one attached hydrogen (secondary N) is 1. The van der Waals surface area contributed by atoms with Crippen LogP contribution in [0.1, 0.15) is 30.6 Å². The molecule has 4 N–H and O–H groups in total. The van der Waals surface area contributed by atoms with Crippen LogP contribution in [0.5, 0.6) is 0 Å². The molecule has 5 heteroatoms. The fourth-order valence-electron chi connectivity index (χ4n) is 1.76. The first-order valence-corrected chi connectivity index (χ1v) is 6.27. The molecule has 0 unspecified atom stereocenters. The van der Waals surface area contributed by atoms with Crippen molar-refractivity contribution >= 4 is 17.3 Å². The first kappa shape index (κ1) is 15.3. The second kappa shape index (κ2) is 5.93. The SMILES string of the molecule is CN(C)C(=O)c1ccc(N)c(NC(C)(C)CCO)c1. The average Bonchev–Trinajstić information content (AvgIpc) is 2.30. The zero-order valence-corrected chi connectivity index (χ0v) is 12.0. The molecule has 5 nitrogen and oxygen atoms in total. The molecule has 0 saturated carbocycles. The minimum Gasteiger partial charge on any atom is -0.397 e. The Morgan fingerprint density at radius 1 is 1.42 bits per heavy atom. The normalized spacial score (nSPS) is 11.2. The highest BCUT2D eigenvalue weighted by Gasteiger charge is 2.19. The van der Waals surface area contributed by atoms with Crippen LogP contribution in [-0.2, 0) is 0 Å². The van der Waals surface area contributed by atoms with Crippen LogP contribution in [0.4, 0.5) is 11.4 Å². The monoisotopic (exact) mass is 265 g/mol. The lowest BCUT2D eigenvalue weighted by Crippen LogP contribution is -2.32. The number of nitrogens with two attached hydrogens (primary N) is 1. The van der Waals surface area contributed by atoms with Crippen LogP contribution in [0.3, 0.4) is 0 Å². The number of rotatable bonds is 5. The van der Waals surface area contributed by atoms with Gasteiger partial charge >= 0.3 is 0 Å². The van der Waals surface area contributed by atoms with Crippen molar-refractivity contribution in [2.75, 3.05) is 31.8 Å². The summed E-state index contributed by atoms with van der Waals surface area (Å²) in [7, 11) is 3.42. The van der Waals surface area contributed by atoms with E-state index in [1.54, 1.807) is 32.3 Å². The zero-order chi connectivity index (χ0) is 14.6. The van der Waals surface area contributed by atoms with Crippen LogP contribution in [-0.4, -0.2) is 42.2 Å². The molecule has 1 rings (SSSR count). The number of aliphatic hydroxyl groups excluding tert-OH is 1. The summed E-state index contributed by atoms with van der Waals surface area (Å²) in [6, 6.07) is 5.17. The highest BCUT2D eigenvalue weighted by atomic mass is 16.3. The summed E-state index contributed by atoms with van der Waals surface area (Å²) in [5, 5.41) is 12.3. The Kier molecular flexibility index (Phi) is 4.78. The molecular weight excluding hydrogens is 242 g/mol. The number of hydrogen-bond donors (Lipinski definition) is 3. The first-order valence-electron chi connectivity index (χ1n) is 6.27. The van der Waals surface area contributed by atoms with E-state index in [2.05, 4.69) is 5.32 Å². The molecule has 0 atom stereocenters. The van der Waals surface area contributed by atoms with E-state index in [1.807, 2.05) is 13.8 Å². The Bertz CT molecular complexity index is 456. The molecule has 1 amide bonds. The van der Waals surface area contributed by atoms with E-state index in [0.29, 0.717) is 23.4 Å². The molecule has 0 bridgehead atoms. The number of benzene rings is 1. The van der Waals surface area contributed by atoms with Gasteiger partial charge in [0.2, 0.25) is 0 Å². The lowest BCUT2D eigenvalue weighted by molar-refractivity contribution is 0.0827. The van der Waals surface area contributed by atoms with Crippen molar-refractivity contribution in [1.29, 1.82) is 0 Å².